The first kappa shape index (κ1) is 15.9. The van der Waals surface area contributed by atoms with Crippen molar-refractivity contribution in [2.45, 2.75) is 26.7 Å². The van der Waals surface area contributed by atoms with Crippen molar-refractivity contribution in [1.82, 2.24) is 0 Å². The van der Waals surface area contributed by atoms with Gasteiger partial charge in [0.05, 0.1) is 0 Å². The van der Waals surface area contributed by atoms with E-state index in [1.807, 2.05) is 67.6 Å². The fourth-order valence-electron chi connectivity index (χ4n) is 2.70. The van der Waals surface area contributed by atoms with Gasteiger partial charge in [-0.15, -0.1) is 0 Å². The molecule has 3 rings (SSSR count). The van der Waals surface area contributed by atoms with Crippen molar-refractivity contribution in [2.75, 3.05) is 0 Å². The summed E-state index contributed by atoms with van der Waals surface area (Å²) in [6.07, 6.45) is 2.49. The first-order valence-electron chi connectivity index (χ1n) is 8.03. The van der Waals surface area contributed by atoms with Crippen molar-refractivity contribution in [1.29, 1.82) is 0 Å². The van der Waals surface area contributed by atoms with E-state index >= 15 is 0 Å². The van der Waals surface area contributed by atoms with Gasteiger partial charge in [-0.1, -0.05) is 72.1 Å². The number of benzene rings is 2. The Labute approximate surface area is 138 Å². The number of hydrogen-bond donors (Lipinski definition) is 0. The first-order valence-corrected chi connectivity index (χ1v) is 9.74. The zero-order valence-corrected chi connectivity index (χ0v) is 14.5. The molecule has 2 aromatic carbocycles. The van der Waals surface area contributed by atoms with E-state index in [-0.39, 0.29) is 0 Å². The SMILES string of the molecule is CC(=C=C=C(C)P(=O)(c1ccccc1)c1ccccc1)C1CC1. The van der Waals surface area contributed by atoms with E-state index in [0.717, 1.165) is 15.9 Å². The molecule has 23 heavy (non-hydrogen) atoms. The van der Waals surface area contributed by atoms with Crippen LogP contribution in [0.5, 0.6) is 0 Å². The molecule has 0 bridgehead atoms. The summed E-state index contributed by atoms with van der Waals surface area (Å²) in [5.41, 5.74) is 7.67. The van der Waals surface area contributed by atoms with Crippen molar-refractivity contribution in [3.05, 3.63) is 83.0 Å². The highest BCUT2D eigenvalue weighted by Crippen LogP contribution is 2.50. The van der Waals surface area contributed by atoms with Gasteiger partial charge in [0.2, 0.25) is 0 Å². The third kappa shape index (κ3) is 3.34. The molecule has 0 spiro atoms. The second kappa shape index (κ2) is 6.61. The van der Waals surface area contributed by atoms with Gasteiger partial charge in [-0.25, -0.2) is 0 Å². The van der Waals surface area contributed by atoms with Crippen LogP contribution >= 0.6 is 7.14 Å². The largest absolute Gasteiger partial charge is 0.308 e. The van der Waals surface area contributed by atoms with Gasteiger partial charge >= 0.3 is 0 Å². The van der Waals surface area contributed by atoms with Crippen LogP contribution in [0.15, 0.2) is 83.0 Å². The molecule has 0 radical (unpaired) electrons. The summed E-state index contributed by atoms with van der Waals surface area (Å²) in [6, 6.07) is 19.4. The van der Waals surface area contributed by atoms with Gasteiger partial charge < -0.3 is 4.57 Å². The minimum atomic E-state index is -2.85. The van der Waals surface area contributed by atoms with E-state index < -0.39 is 7.14 Å². The van der Waals surface area contributed by atoms with Crippen LogP contribution in [0.4, 0.5) is 0 Å². The van der Waals surface area contributed by atoms with Gasteiger partial charge in [-0.2, -0.15) is 0 Å². The average molecular weight is 320 g/mol. The Kier molecular flexibility index (Phi) is 4.56. The third-order valence-corrected chi connectivity index (χ3v) is 7.45. The average Bonchev–Trinajstić information content (AvgIpc) is 3.45. The molecule has 0 unspecified atom stereocenters. The highest BCUT2D eigenvalue weighted by atomic mass is 31.2. The van der Waals surface area contributed by atoms with Gasteiger partial charge in [0.1, 0.15) is 0 Å². The Bertz CT molecular complexity index is 788. The van der Waals surface area contributed by atoms with Gasteiger partial charge in [-0.3, -0.25) is 0 Å². The molecule has 116 valence electrons. The molecule has 0 heterocycles. The summed E-state index contributed by atoms with van der Waals surface area (Å²) < 4.78 is 14.0. The maximum absolute atomic E-state index is 14.0. The molecule has 0 N–H and O–H groups in total. The highest BCUT2D eigenvalue weighted by molar-refractivity contribution is 7.82. The van der Waals surface area contributed by atoms with Crippen LogP contribution in [0, 0.1) is 5.92 Å². The standard InChI is InChI=1S/C21H21OP/c1-17(19-15-16-19)13-14-18(2)23(22,20-9-5-3-6-10-20)21-11-7-4-8-12-21/h3-12,19H,15-16H2,1-2H3. The van der Waals surface area contributed by atoms with Crippen molar-refractivity contribution in [3.8, 4) is 0 Å². The lowest BCUT2D eigenvalue weighted by Gasteiger charge is -2.18. The van der Waals surface area contributed by atoms with Crippen molar-refractivity contribution < 1.29 is 4.57 Å². The molecule has 1 aliphatic carbocycles. The minimum Gasteiger partial charge on any atom is -0.308 e. The van der Waals surface area contributed by atoms with Crippen LogP contribution < -0.4 is 10.6 Å². The molecular formula is C21H21OP. The third-order valence-electron chi connectivity index (χ3n) is 4.34. The van der Waals surface area contributed by atoms with Crippen LogP contribution in [0.3, 0.4) is 0 Å². The van der Waals surface area contributed by atoms with E-state index in [1.165, 1.54) is 18.4 Å². The van der Waals surface area contributed by atoms with E-state index in [0.29, 0.717) is 5.92 Å². The van der Waals surface area contributed by atoms with Crippen LogP contribution in [0.1, 0.15) is 26.7 Å². The first-order chi connectivity index (χ1) is 11.1. The van der Waals surface area contributed by atoms with Gasteiger partial charge in [-0.05, 0) is 38.2 Å². The highest BCUT2D eigenvalue weighted by Gasteiger charge is 2.29. The van der Waals surface area contributed by atoms with E-state index in [4.69, 9.17) is 0 Å². The summed E-state index contributed by atoms with van der Waals surface area (Å²) in [5.74, 6) is 0.656. The summed E-state index contributed by atoms with van der Waals surface area (Å²) in [6.45, 7) is 4.00. The zero-order valence-electron chi connectivity index (χ0n) is 13.6. The van der Waals surface area contributed by atoms with Gasteiger partial charge in [0.15, 0.2) is 7.14 Å². The second-order valence-corrected chi connectivity index (χ2v) is 9.00. The molecule has 1 saturated carbocycles. The molecule has 2 aromatic rings. The van der Waals surface area contributed by atoms with Gasteiger partial charge in [0.25, 0.3) is 0 Å². The Hall–Kier alpha value is -2.03. The maximum atomic E-state index is 14.0. The van der Waals surface area contributed by atoms with Crippen LogP contribution in [0.25, 0.3) is 0 Å². The Balaban J connectivity index is 2.19. The van der Waals surface area contributed by atoms with E-state index in [9.17, 15) is 4.57 Å². The summed E-state index contributed by atoms with van der Waals surface area (Å²) in [5, 5.41) is 2.46. The molecule has 0 amide bonds. The smallest absolute Gasteiger partial charge is 0.174 e. The molecule has 0 aromatic heterocycles. The van der Waals surface area contributed by atoms with Crippen LogP contribution in [-0.2, 0) is 4.57 Å². The minimum absolute atomic E-state index is 0.656. The van der Waals surface area contributed by atoms with Crippen molar-refractivity contribution in [2.24, 2.45) is 5.92 Å². The van der Waals surface area contributed by atoms with E-state index in [2.05, 4.69) is 18.4 Å². The predicted molar refractivity (Wildman–Crippen MR) is 97.9 cm³/mol. The quantitative estimate of drug-likeness (QED) is 0.571. The summed E-state index contributed by atoms with van der Waals surface area (Å²) in [7, 11) is -2.85. The normalized spacial score (nSPS) is 13.8. The molecule has 0 atom stereocenters. The molecule has 1 fully saturated rings. The maximum Gasteiger partial charge on any atom is 0.174 e. The van der Waals surface area contributed by atoms with Crippen LogP contribution in [-0.4, -0.2) is 0 Å². The zero-order chi connectivity index (χ0) is 16.3. The number of rotatable bonds is 4. The van der Waals surface area contributed by atoms with Crippen LogP contribution in [0.2, 0.25) is 0 Å². The number of hydrogen-bond acceptors (Lipinski definition) is 1. The molecular weight excluding hydrogens is 299 g/mol. The lowest BCUT2D eigenvalue weighted by atomic mass is 10.2. The Morgan fingerprint density at radius 3 is 1.78 bits per heavy atom. The topological polar surface area (TPSA) is 17.1 Å². The lowest BCUT2D eigenvalue weighted by Crippen LogP contribution is -2.16. The summed E-state index contributed by atoms with van der Waals surface area (Å²) in [4.78, 5) is 0. The monoisotopic (exact) mass is 320 g/mol. The summed E-state index contributed by atoms with van der Waals surface area (Å²) >= 11 is 0. The second-order valence-electron chi connectivity index (χ2n) is 6.07. The van der Waals surface area contributed by atoms with Crippen molar-refractivity contribution in [3.63, 3.8) is 0 Å². The fraction of sp³-hybridized carbons (Fsp3) is 0.238. The lowest BCUT2D eigenvalue weighted by molar-refractivity contribution is 0.590. The molecule has 0 aliphatic heterocycles. The Morgan fingerprint density at radius 2 is 1.35 bits per heavy atom. The van der Waals surface area contributed by atoms with E-state index in [1.54, 1.807) is 0 Å². The fourth-order valence-corrected chi connectivity index (χ4v) is 5.17. The molecule has 1 nitrogen and oxygen atoms in total. The molecule has 0 saturated heterocycles. The Morgan fingerprint density at radius 1 is 0.870 bits per heavy atom. The molecule has 1 aliphatic rings. The predicted octanol–water partition coefficient (Wildman–Crippen LogP) is 5.01. The van der Waals surface area contributed by atoms with Crippen molar-refractivity contribution >= 4 is 17.8 Å². The molecule has 2 heteroatoms. The van der Waals surface area contributed by atoms with Gasteiger partial charge in [0, 0.05) is 15.9 Å². The number of allylic oxidation sites excluding steroid dienone is 2.